The fraction of sp³-hybridized carbons (Fsp3) is 1.00. The monoisotopic (exact) mass is 956 g/mol. The molecule has 12 nitrogen and oxygen atoms in total. The van der Waals surface area contributed by atoms with Gasteiger partial charge in [0.05, 0.1) is 0 Å². The van der Waals surface area contributed by atoms with Crippen LogP contribution in [0.25, 0.3) is 21.3 Å². The van der Waals surface area contributed by atoms with Crippen molar-refractivity contribution < 1.29 is 99.1 Å². The number of hydrogen-bond acceptors (Lipinski definition) is 8. The summed E-state index contributed by atoms with van der Waals surface area (Å²) in [7, 11) is 21.1. The van der Waals surface area contributed by atoms with Gasteiger partial charge in [0.15, 0.2) is 0 Å². The predicted octanol–water partition coefficient (Wildman–Crippen LogP) is 4.80. The number of aliphatic hydroxyl groups is 8. The van der Waals surface area contributed by atoms with E-state index >= 15 is 0 Å². The van der Waals surface area contributed by atoms with Crippen LogP contribution in [0.1, 0.15) is 77.0 Å². The molecule has 4 saturated heterocycles. The van der Waals surface area contributed by atoms with Gasteiger partial charge in [-0.15, -0.1) is 50.3 Å². The summed E-state index contributed by atoms with van der Waals surface area (Å²) in [5.74, 6) is 0. The molecule has 4 fully saturated rings. The van der Waals surface area contributed by atoms with E-state index in [1.165, 1.54) is 51.4 Å². The third-order valence-corrected chi connectivity index (χ3v) is 6.17. The van der Waals surface area contributed by atoms with Crippen LogP contribution in [0.4, 0.5) is 0 Å². The van der Waals surface area contributed by atoms with Crippen molar-refractivity contribution >= 4 is 40.8 Å². The first-order valence-corrected chi connectivity index (χ1v) is 20.5. The van der Waals surface area contributed by atoms with Gasteiger partial charge in [0.2, 0.25) is 0 Å². The molecule has 8 N–H and O–H groups in total. The Morgan fingerprint density at radius 1 is 0.354 bits per heavy atom. The number of piperidine rings is 4. The SMILES string of the molecule is CO.CO.CO.CO.OCC1CCCC[N-]1.OCC1CCCC[N-]1.OCC1CCCC[N-]1.OCC1CCCC[N-]1.[Cl][Ni].[Cl][Ni].[Cl][Ni].[Cl][Ni]. The van der Waals surface area contributed by atoms with Crippen molar-refractivity contribution in [3.8, 4) is 0 Å². The molecule has 4 heterocycles. The Labute approximate surface area is 340 Å². The van der Waals surface area contributed by atoms with Crippen LogP contribution in [0.2, 0.25) is 0 Å². The number of halogens is 4. The Morgan fingerprint density at radius 2 is 0.500 bits per heavy atom. The van der Waals surface area contributed by atoms with E-state index in [-0.39, 0.29) is 50.6 Å². The molecule has 0 aromatic heterocycles. The zero-order chi connectivity index (χ0) is 39.3. The zero-order valence-corrected chi connectivity index (χ0v) is 35.6. The number of nitrogens with zero attached hydrogens (tertiary/aromatic N) is 4. The van der Waals surface area contributed by atoms with Crippen LogP contribution in [0.15, 0.2) is 0 Å². The van der Waals surface area contributed by atoms with Crippen LogP contribution in [-0.2, 0) is 58.3 Å². The molecular formula is C28H64Cl4N4Ni4O8-4. The maximum atomic E-state index is 8.60. The van der Waals surface area contributed by atoms with Crippen molar-refractivity contribution in [3.63, 3.8) is 0 Å². The average molecular weight is 961 g/mol. The molecule has 4 aliphatic heterocycles. The van der Waals surface area contributed by atoms with Gasteiger partial charge >= 0.3 is 99.1 Å². The molecule has 4 atom stereocenters. The summed E-state index contributed by atoms with van der Waals surface area (Å²) >= 11 is 13.4. The Balaban J connectivity index is -0.0000000649. The van der Waals surface area contributed by atoms with Gasteiger partial charge in [-0.05, 0) is 0 Å². The number of aliphatic hydroxyl groups excluding tert-OH is 8. The Kier molecular flexibility index (Phi) is 113. The number of hydrogen-bond donors (Lipinski definition) is 8. The molecule has 4 aliphatic rings. The fourth-order valence-electron chi connectivity index (χ4n) is 4.02. The van der Waals surface area contributed by atoms with Crippen LogP contribution >= 0.6 is 40.8 Å². The maximum absolute atomic E-state index is 8.60. The van der Waals surface area contributed by atoms with E-state index in [4.69, 9.17) is 40.9 Å². The molecule has 4 rings (SSSR count). The fourth-order valence-corrected chi connectivity index (χ4v) is 4.02. The normalized spacial score (nSPS) is 21.3. The summed E-state index contributed by atoms with van der Waals surface area (Å²) in [6, 6.07) is 1.07. The van der Waals surface area contributed by atoms with Crippen LogP contribution in [-0.4, -0.2) is 146 Å². The van der Waals surface area contributed by atoms with E-state index in [9.17, 15) is 0 Å². The first-order valence-electron chi connectivity index (χ1n) is 15.1. The molecule has 20 heteroatoms. The summed E-state index contributed by atoms with van der Waals surface area (Å²) in [5.41, 5.74) is 0. The molecule has 0 aliphatic carbocycles. The summed E-state index contributed by atoms with van der Waals surface area (Å²) in [6.07, 6.45) is 14.2. The summed E-state index contributed by atoms with van der Waals surface area (Å²) < 4.78 is 0. The number of rotatable bonds is 4. The van der Waals surface area contributed by atoms with Gasteiger partial charge in [-0.3, -0.25) is 0 Å². The van der Waals surface area contributed by atoms with Gasteiger partial charge in [-0.2, -0.15) is 0 Å². The van der Waals surface area contributed by atoms with E-state index in [1.54, 1.807) is 0 Å². The first-order chi connectivity index (χ1) is 23.7. The van der Waals surface area contributed by atoms with E-state index in [0.717, 1.165) is 80.3 Å². The van der Waals surface area contributed by atoms with Crippen molar-refractivity contribution in [2.45, 2.75) is 101 Å². The van der Waals surface area contributed by atoms with Gasteiger partial charge in [0, 0.05) is 54.9 Å². The van der Waals surface area contributed by atoms with Gasteiger partial charge in [0.25, 0.3) is 0 Å². The summed E-state index contributed by atoms with van der Waals surface area (Å²) in [4.78, 5) is 0. The third-order valence-electron chi connectivity index (χ3n) is 6.17. The first kappa shape index (κ1) is 68.6. The van der Waals surface area contributed by atoms with E-state index in [2.05, 4.69) is 120 Å². The molecule has 0 saturated carbocycles. The molecule has 0 spiro atoms. The average Bonchev–Trinajstić information content (AvgIpc) is 3.25. The molecule has 4 unspecified atom stereocenters. The molecule has 48 heavy (non-hydrogen) atoms. The van der Waals surface area contributed by atoms with E-state index in [1.807, 2.05) is 0 Å². The van der Waals surface area contributed by atoms with Gasteiger partial charge in [0.1, 0.15) is 0 Å². The van der Waals surface area contributed by atoms with Crippen molar-refractivity contribution in [1.29, 1.82) is 0 Å². The molecular weight excluding hydrogens is 897 g/mol. The van der Waals surface area contributed by atoms with E-state index in [0.29, 0.717) is 0 Å². The Hall–Kier alpha value is 2.65. The quantitative estimate of drug-likeness (QED) is 0.183. The van der Waals surface area contributed by atoms with Gasteiger partial charge < -0.3 is 62.1 Å². The predicted molar refractivity (Wildman–Crippen MR) is 188 cm³/mol. The van der Waals surface area contributed by atoms with Crippen LogP contribution in [0.3, 0.4) is 0 Å². The topological polar surface area (TPSA) is 218 Å². The van der Waals surface area contributed by atoms with Crippen molar-refractivity contribution in [1.82, 2.24) is 0 Å². The minimum absolute atomic E-state index is 0.250. The second-order valence-electron chi connectivity index (χ2n) is 8.95. The second kappa shape index (κ2) is 78.7. The van der Waals surface area contributed by atoms with Crippen LogP contribution < -0.4 is 0 Å². The van der Waals surface area contributed by atoms with Crippen molar-refractivity contribution in [3.05, 3.63) is 21.3 Å². The summed E-state index contributed by atoms with van der Waals surface area (Å²) in [6.45, 7) is 4.85. The van der Waals surface area contributed by atoms with Gasteiger partial charge in [-0.1, -0.05) is 77.0 Å². The van der Waals surface area contributed by atoms with E-state index < -0.39 is 0 Å². The Bertz CT molecular complexity index is 362. The molecule has 316 valence electrons. The minimum atomic E-state index is 0.250. The van der Waals surface area contributed by atoms with Crippen molar-refractivity contribution in [2.75, 3.05) is 81.0 Å². The zero-order valence-electron chi connectivity index (χ0n) is 28.6. The van der Waals surface area contributed by atoms with Crippen molar-refractivity contribution in [2.24, 2.45) is 0 Å². The van der Waals surface area contributed by atoms with Crippen LogP contribution in [0, 0.1) is 0 Å². The molecule has 0 bridgehead atoms. The Morgan fingerprint density at radius 3 is 0.562 bits per heavy atom. The molecule has 0 aromatic rings. The second-order valence-corrected chi connectivity index (χ2v) is 8.95. The van der Waals surface area contributed by atoms with Gasteiger partial charge in [-0.25, -0.2) is 0 Å². The molecule has 0 amide bonds. The standard InChI is InChI=1S/4C6H12NO.4CH4O.4ClH.4Ni/c4*8-5-6-3-1-2-4-7-6;4*1-2;;;;;;;;/h4*6,8H,1-5H2;4*2H,1H3;4*1H;;;;/q4*-1;;;;;;;;;4*+1/p-4. The molecule has 0 aromatic carbocycles. The third kappa shape index (κ3) is 60.7. The summed E-state index contributed by atoms with van der Waals surface area (Å²) in [5, 5.41) is 79.2. The molecule has 0 radical (unpaired) electrons. The van der Waals surface area contributed by atoms with Crippen LogP contribution in [0.5, 0.6) is 0 Å².